The number of urea groups is 1. The van der Waals surface area contributed by atoms with E-state index in [0.29, 0.717) is 11.6 Å². The summed E-state index contributed by atoms with van der Waals surface area (Å²) in [5, 5.41) is 108. The molecule has 99 heavy (non-hydrogen) atoms. The van der Waals surface area contributed by atoms with Crippen molar-refractivity contribution in [3.63, 3.8) is 0 Å². The Kier molecular flexibility index (Phi) is 36.1. The van der Waals surface area contributed by atoms with Gasteiger partial charge in [-0.1, -0.05) is 53.7 Å². The third-order valence-electron chi connectivity index (χ3n) is 16.4. The molecule has 1 aliphatic heterocycles. The molecule has 0 bridgehead atoms. The predicted octanol–water partition coefficient (Wildman–Crippen LogP) is -1.57. The van der Waals surface area contributed by atoms with Gasteiger partial charge in [0, 0.05) is 109 Å². The maximum atomic E-state index is 17.2. The van der Waals surface area contributed by atoms with Crippen LogP contribution in [0.3, 0.4) is 0 Å². The van der Waals surface area contributed by atoms with Gasteiger partial charge in [-0.2, -0.15) is 0 Å². The number of hydrogen-bond donors (Lipinski definition) is 17. The minimum absolute atomic E-state index is 0.0260. The maximum Gasteiger partial charge on any atom is 0.326 e. The van der Waals surface area contributed by atoms with Crippen LogP contribution in [-0.4, -0.2) is 286 Å². The number of amides is 7. The van der Waals surface area contributed by atoms with Gasteiger partial charge in [0.1, 0.15) is 36.2 Å². The third kappa shape index (κ3) is 32.1. The largest absolute Gasteiger partial charge is 0.480 e. The van der Waals surface area contributed by atoms with Crippen LogP contribution in [0.15, 0.2) is 47.1 Å². The fourth-order valence-corrected chi connectivity index (χ4v) is 16.0. The first-order valence-electron chi connectivity index (χ1n) is 32.7. The average molecular weight is 1430 g/mol. The Bertz CT molecular complexity index is 2930. The molecule has 7 amide bonds. The zero-order chi connectivity index (χ0) is 74.2. The first-order chi connectivity index (χ1) is 46.4. The summed E-state index contributed by atoms with van der Waals surface area (Å²) in [6, 6.07) is 1.03. The Labute approximate surface area is 574 Å². The summed E-state index contributed by atoms with van der Waals surface area (Å²) in [5.74, 6) is -10.8. The number of hydrogen-bond acceptors (Lipinski definition) is 21. The van der Waals surface area contributed by atoms with E-state index in [4.69, 9.17) is 4.42 Å². The van der Waals surface area contributed by atoms with Crippen molar-refractivity contribution in [3.8, 4) is 0 Å². The van der Waals surface area contributed by atoms with Gasteiger partial charge < -0.3 is 91.7 Å². The first kappa shape index (κ1) is 85.0. The van der Waals surface area contributed by atoms with Crippen LogP contribution in [-0.2, 0) is 54.4 Å². The molecule has 2 heterocycles. The third-order valence-corrected chi connectivity index (χ3v) is 21.7. The Hall–Kier alpha value is -8.23. The number of benzene rings is 1. The summed E-state index contributed by atoms with van der Waals surface area (Å²) in [7, 11) is -3.73. The van der Waals surface area contributed by atoms with Crippen molar-refractivity contribution in [2.75, 3.05) is 98.2 Å². The second-order valence-corrected chi connectivity index (χ2v) is 31.3. The molecule has 34 nitrogen and oxygen atoms in total. The molecule has 556 valence electrons. The lowest BCUT2D eigenvalue weighted by atomic mass is 10.0. The molecule has 1 unspecified atom stereocenters. The van der Waals surface area contributed by atoms with E-state index < -0.39 is 172 Å². The molecule has 17 N–H and O–H groups in total. The molecule has 0 aliphatic carbocycles. The molecule has 1 aliphatic rings. The number of nitrogens with one attached hydrogen (secondary N) is 8. The Morgan fingerprint density at radius 3 is 1.44 bits per heavy atom. The van der Waals surface area contributed by atoms with Crippen LogP contribution >= 0.6 is 0 Å². The number of carbonyl (C=O) groups excluding carboxylic acids is 6. The van der Waals surface area contributed by atoms with Crippen LogP contribution < -0.4 is 47.7 Å². The highest BCUT2D eigenvalue weighted by Crippen LogP contribution is 2.51. The van der Waals surface area contributed by atoms with Gasteiger partial charge in [0.15, 0.2) is 6.29 Å². The standard InChI is InChI=1S/C63H101FN12O22Si/c1-62(2,3)99(64,63(4,5)6)43-16-14-40(15-17-43)56(89)67-35-47(70-51(80)36-73-24-26-74(37-53(83)84)28-30-76(39-55(87)88)31-29-75(27-25-73)38-54(85)86)57(90)68-41(33-52(81)82)11-7-8-22-65-48(77)20-21-49(78)66-23-9-13-44(58(91)92)69-50(79)19-18-45(59(93)94)71-61(97)72-46(60(95)96)34-42-12-10-32-98-42/h10,12,14-17,32,41,44-47,50,52,69,79,81-82H,7-9,11,13,18-31,33-39H2,1-6H3,(H,65,77)(H,66,78)(H,67,89)(H,68,90)(H,70,80)(H,83,84)(H,85,86)(H,87,88)(H,91,92)(H,93,94)(H,95,96)(H2,71,72,97)/t41-,44-,45+,46+,47-,50?/m1/s1. The lowest BCUT2D eigenvalue weighted by Gasteiger charge is -2.44. The highest BCUT2D eigenvalue weighted by Gasteiger charge is 2.56. The molecule has 36 heteroatoms. The molecule has 0 spiro atoms. The van der Waals surface area contributed by atoms with Crippen LogP contribution in [0.4, 0.5) is 8.90 Å². The van der Waals surface area contributed by atoms with Gasteiger partial charge >= 0.3 is 41.8 Å². The van der Waals surface area contributed by atoms with Crippen molar-refractivity contribution in [1.29, 1.82) is 0 Å². The number of aliphatic carboxylic acids is 6. The monoisotopic (exact) mass is 1420 g/mol. The van der Waals surface area contributed by atoms with Crippen molar-refractivity contribution in [3.05, 3.63) is 54.0 Å². The molecular weight excluding hydrogens is 1320 g/mol. The predicted molar refractivity (Wildman–Crippen MR) is 355 cm³/mol. The van der Waals surface area contributed by atoms with E-state index in [1.807, 2.05) is 41.5 Å². The second-order valence-electron chi connectivity index (χ2n) is 26.4. The minimum atomic E-state index is -3.73. The first-order valence-corrected chi connectivity index (χ1v) is 34.6. The Balaban J connectivity index is 1.62. The van der Waals surface area contributed by atoms with E-state index >= 15 is 4.11 Å². The molecule has 0 saturated carbocycles. The number of carboxylic acid groups (broad SMARTS) is 6. The minimum Gasteiger partial charge on any atom is -0.480 e. The number of aliphatic hydroxyl groups is 3. The summed E-state index contributed by atoms with van der Waals surface area (Å²) < 4.78 is 22.3. The fourth-order valence-electron chi connectivity index (χ4n) is 11.4. The topological polar surface area (TPSA) is 509 Å². The lowest BCUT2D eigenvalue weighted by molar-refractivity contribution is -0.142. The molecular formula is C63H101FN12O22Si. The van der Waals surface area contributed by atoms with E-state index in [-0.39, 0.29) is 135 Å². The van der Waals surface area contributed by atoms with E-state index in [0.717, 1.165) is 0 Å². The quantitative estimate of drug-likeness (QED) is 0.0155. The van der Waals surface area contributed by atoms with Crippen molar-refractivity contribution < 1.29 is 112 Å². The molecule has 1 aromatic carbocycles. The van der Waals surface area contributed by atoms with E-state index in [2.05, 4.69) is 42.5 Å². The zero-order valence-corrected chi connectivity index (χ0v) is 58.0. The van der Waals surface area contributed by atoms with Crippen molar-refractivity contribution in [1.82, 2.24) is 62.1 Å². The molecule has 1 fully saturated rings. The second kappa shape index (κ2) is 42.0. The molecule has 6 atom stereocenters. The van der Waals surface area contributed by atoms with Crippen molar-refractivity contribution in [2.45, 2.75) is 165 Å². The van der Waals surface area contributed by atoms with Gasteiger partial charge in [-0.15, -0.1) is 0 Å². The number of unbranched alkanes of at least 4 members (excludes halogenated alkanes) is 1. The number of carboxylic acids is 6. The zero-order valence-electron chi connectivity index (χ0n) is 57.0. The van der Waals surface area contributed by atoms with Gasteiger partial charge in [-0.3, -0.25) is 68.1 Å². The number of halogens is 1. The molecule has 1 aromatic heterocycles. The summed E-state index contributed by atoms with van der Waals surface area (Å²) >= 11 is 0. The van der Waals surface area contributed by atoms with Gasteiger partial charge in [0.2, 0.25) is 23.6 Å². The van der Waals surface area contributed by atoms with Crippen LogP contribution in [0, 0.1) is 0 Å². The summed E-state index contributed by atoms with van der Waals surface area (Å²) in [6.45, 7) is 9.67. The van der Waals surface area contributed by atoms with Crippen molar-refractivity contribution >= 4 is 85.0 Å². The van der Waals surface area contributed by atoms with Crippen LogP contribution in [0.2, 0.25) is 10.1 Å². The van der Waals surface area contributed by atoms with E-state index in [9.17, 15) is 103 Å². The normalized spacial score (nSPS) is 16.0. The average Bonchev–Trinajstić information content (AvgIpc) is 0.986. The highest BCUT2D eigenvalue weighted by molar-refractivity contribution is 6.90. The van der Waals surface area contributed by atoms with Gasteiger partial charge in [-0.25, -0.2) is 14.4 Å². The smallest absolute Gasteiger partial charge is 0.326 e. The highest BCUT2D eigenvalue weighted by atomic mass is 28.4. The SMILES string of the molecule is CC(C)(C)[Si](F)(c1ccc(C(=O)NC[C@@H](NC(=O)CN2CCN(CC(=O)O)CCN(CC(=O)O)CCN(CC(=O)O)CC2)C(=O)N[C@H](CCCCNC(=O)CCC(=O)NCCC[C@@H](NC(O)CC[C@H](NC(=O)N[C@@H](Cc2ccco2)C(=O)O)C(=O)O)C(=O)O)CC(O)O)cc1)C(C)(C)C. The lowest BCUT2D eigenvalue weighted by Crippen LogP contribution is -2.58. The van der Waals surface area contributed by atoms with Crippen LogP contribution in [0.1, 0.15) is 122 Å². The van der Waals surface area contributed by atoms with E-state index in [1.165, 1.54) is 30.5 Å². The number of carbonyl (C=O) groups is 12. The number of rotatable bonds is 41. The number of aliphatic hydroxyl groups excluding tert-OH is 2. The number of nitrogens with zero attached hydrogens (tertiary/aromatic N) is 4. The maximum absolute atomic E-state index is 17.2. The number of furan rings is 1. The van der Waals surface area contributed by atoms with Crippen LogP contribution in [0.25, 0.3) is 0 Å². The Morgan fingerprint density at radius 1 is 0.525 bits per heavy atom. The molecule has 2 aromatic rings. The van der Waals surface area contributed by atoms with E-state index in [1.54, 1.807) is 31.7 Å². The summed E-state index contributed by atoms with van der Waals surface area (Å²) in [6.07, 6.45) is -3.40. The summed E-state index contributed by atoms with van der Waals surface area (Å²) in [4.78, 5) is 157. The van der Waals surface area contributed by atoms with Crippen molar-refractivity contribution in [2.24, 2.45) is 0 Å². The van der Waals surface area contributed by atoms with Gasteiger partial charge in [-0.05, 0) is 84.5 Å². The van der Waals surface area contributed by atoms with Crippen LogP contribution in [0.5, 0.6) is 0 Å². The molecule has 1 saturated heterocycles. The van der Waals surface area contributed by atoms with Gasteiger partial charge in [0.25, 0.3) is 14.3 Å². The summed E-state index contributed by atoms with van der Waals surface area (Å²) in [5.41, 5.74) is 0.113. The van der Waals surface area contributed by atoms with Gasteiger partial charge in [0.05, 0.1) is 32.4 Å². The molecule has 3 rings (SSSR count). The Morgan fingerprint density at radius 2 is 1.00 bits per heavy atom. The molecule has 0 radical (unpaired) electrons. The fraction of sp³-hybridized carbons (Fsp3) is 0.651.